The number of unbranched alkanes of at least 4 members (excludes halogenated alkanes) is 1. The van der Waals surface area contributed by atoms with Crippen molar-refractivity contribution < 1.29 is 48.1 Å². The molecule has 43 heavy (non-hydrogen) atoms. The van der Waals surface area contributed by atoms with E-state index in [1.54, 1.807) is 39.3 Å². The van der Waals surface area contributed by atoms with Crippen LogP contribution in [0.15, 0.2) is 127 Å². The van der Waals surface area contributed by atoms with Crippen LogP contribution in [0, 0.1) is 6.08 Å². The zero-order valence-corrected chi connectivity index (χ0v) is 30.2. The van der Waals surface area contributed by atoms with Gasteiger partial charge in [0.15, 0.2) is 0 Å². The zero-order valence-electron chi connectivity index (χ0n) is 24.2. The van der Waals surface area contributed by atoms with Crippen LogP contribution >= 0.6 is 0 Å². The average molecular weight is 708 g/mol. The van der Waals surface area contributed by atoms with E-state index in [1.807, 2.05) is 0 Å². The summed E-state index contributed by atoms with van der Waals surface area (Å²) in [4.78, 5) is 0. The zero-order chi connectivity index (χ0) is 28.0. The summed E-state index contributed by atoms with van der Waals surface area (Å²) in [5.74, 6) is 0.776. The molecule has 2 unspecified atom stereocenters. The van der Waals surface area contributed by atoms with Crippen molar-refractivity contribution >= 4 is 46.4 Å². The summed E-state index contributed by atoms with van der Waals surface area (Å²) in [5.41, 5.74) is 7.27. The molecule has 0 amide bonds. The summed E-state index contributed by atoms with van der Waals surface area (Å²) in [6.45, 7) is 2.28. The van der Waals surface area contributed by atoms with Crippen LogP contribution in [0.4, 0.5) is 0 Å². The maximum absolute atomic E-state index is 3.69. The summed E-state index contributed by atoms with van der Waals surface area (Å²) < 4.78 is 0. The Morgan fingerprint density at radius 3 is 2.02 bits per heavy atom. The molecule has 0 aromatic heterocycles. The third kappa shape index (κ3) is 7.35. The van der Waals surface area contributed by atoms with Gasteiger partial charge in [-0.3, -0.25) is 6.08 Å². The van der Waals surface area contributed by atoms with Gasteiger partial charge in [0.05, 0.1) is 0 Å². The Labute approximate surface area is 285 Å². The number of allylic oxidation sites excluding steroid dienone is 2. The topological polar surface area (TPSA) is 0 Å². The van der Waals surface area contributed by atoms with Crippen molar-refractivity contribution in [3.05, 3.63) is 155 Å². The number of hydrogen-bond acceptors (Lipinski definition) is 0. The van der Waals surface area contributed by atoms with E-state index in [0.29, 0.717) is 11.8 Å². The fraction of sp³-hybridized carbons (Fsp3) is 0.158. The fourth-order valence-corrected chi connectivity index (χ4v) is 16.1. The monoisotopic (exact) mass is 705 g/mol. The molecule has 0 aliphatic heterocycles. The third-order valence-electron chi connectivity index (χ3n) is 8.22. The molecule has 2 aliphatic carbocycles. The van der Waals surface area contributed by atoms with E-state index < -0.39 is 7.89 Å². The first kappa shape index (κ1) is 33.6. The Kier molecular flexibility index (Phi) is 12.6. The van der Waals surface area contributed by atoms with Gasteiger partial charge in [-0.2, -0.15) is 5.56 Å². The molecule has 0 N–H and O–H groups in total. The molecule has 7 rings (SSSR count). The average Bonchev–Trinajstić information content (AvgIpc) is 3.63. The molecule has 0 radical (unpaired) electrons. The van der Waals surface area contributed by atoms with Gasteiger partial charge in [0.25, 0.3) is 0 Å². The second kappa shape index (κ2) is 16.2. The number of fused-ring (bicyclic) bond motifs is 4. The first-order valence-electron chi connectivity index (χ1n) is 14.6. The van der Waals surface area contributed by atoms with Gasteiger partial charge in [-0.05, 0) is 40.7 Å². The number of benzene rings is 5. The molecule has 2 aliphatic rings. The van der Waals surface area contributed by atoms with Crippen molar-refractivity contribution in [2.24, 2.45) is 0 Å². The quantitative estimate of drug-likeness (QED) is 0.188. The SMILES string of the molecule is CCCCC1=Cc2c(ccc3ccccc23)C1C1[C-]=Cc2ccccc21.[Cl-].[Cl-].[Zr+2]=[Si]=[Si](c1ccccc1)c1ccccc1. The van der Waals surface area contributed by atoms with Crippen molar-refractivity contribution in [2.45, 2.75) is 38.0 Å². The van der Waals surface area contributed by atoms with Crippen LogP contribution in [0.3, 0.4) is 0 Å². The molecule has 5 heteroatoms. The standard InChI is InChI=1S/C26H23.C12H10Si2.2ClH.Zr/c1-2-3-8-20-17-25-22-12-7-5-10-19(22)14-16-24(25)26(20)23-15-13-18-9-4-6-11-21(18)23;13-14(11-7-3-1-4-8-11)12-9-5-2-6-10-12;;;/h4-7,9-14,16-17,23,26H,2-3,8H2,1H3;1-10H;2*1H;/q-1;;;;+2/p-2. The van der Waals surface area contributed by atoms with Crippen molar-refractivity contribution in [1.82, 2.24) is 0 Å². The molecule has 0 fully saturated rings. The molecule has 0 heterocycles. The second-order valence-electron chi connectivity index (χ2n) is 10.7. The summed E-state index contributed by atoms with van der Waals surface area (Å²) in [5, 5.41) is 6.91. The molecule has 0 saturated carbocycles. The van der Waals surface area contributed by atoms with Crippen molar-refractivity contribution in [2.75, 3.05) is 0 Å². The van der Waals surface area contributed by atoms with Crippen LogP contribution in [-0.2, 0) is 23.3 Å². The molecule has 212 valence electrons. The molecule has 0 spiro atoms. The summed E-state index contributed by atoms with van der Waals surface area (Å²) in [6, 6.07) is 44.1. The minimum atomic E-state index is -0.471. The first-order valence-corrected chi connectivity index (χ1v) is 21.8. The first-order chi connectivity index (χ1) is 20.3. The van der Waals surface area contributed by atoms with E-state index in [2.05, 4.69) is 146 Å². The van der Waals surface area contributed by atoms with Crippen LogP contribution in [0.5, 0.6) is 0 Å². The summed E-state index contributed by atoms with van der Waals surface area (Å²) >= 11 is 1.67. The van der Waals surface area contributed by atoms with Gasteiger partial charge in [0.2, 0.25) is 0 Å². The van der Waals surface area contributed by atoms with Gasteiger partial charge >= 0.3 is 108 Å². The number of hydrogen-bond donors (Lipinski definition) is 0. The predicted octanol–water partition coefficient (Wildman–Crippen LogP) is 2.09. The Morgan fingerprint density at radius 1 is 0.721 bits per heavy atom. The van der Waals surface area contributed by atoms with E-state index in [9.17, 15) is 0 Å². The van der Waals surface area contributed by atoms with Crippen molar-refractivity contribution in [3.8, 4) is 0 Å². The van der Waals surface area contributed by atoms with Gasteiger partial charge in [-0.1, -0.05) is 85.5 Å². The second-order valence-corrected chi connectivity index (χ2v) is 20.7. The Balaban J connectivity index is 0.000000215. The van der Waals surface area contributed by atoms with E-state index in [1.165, 1.54) is 52.3 Å². The number of rotatable bonds is 6. The van der Waals surface area contributed by atoms with Gasteiger partial charge in [-0.25, -0.2) is 6.08 Å². The van der Waals surface area contributed by atoms with Crippen LogP contribution in [0.1, 0.15) is 60.3 Å². The normalized spacial score (nSPS) is 15.6. The molecular formula is C38H33Cl2Si2Zr-. The van der Waals surface area contributed by atoms with Crippen LogP contribution in [0.25, 0.3) is 22.9 Å². The van der Waals surface area contributed by atoms with Crippen LogP contribution in [-0.4, -0.2) is 13.1 Å². The maximum atomic E-state index is 3.69. The van der Waals surface area contributed by atoms with Crippen LogP contribution < -0.4 is 35.2 Å². The molecule has 0 saturated heterocycles. The van der Waals surface area contributed by atoms with E-state index >= 15 is 0 Å². The molecule has 0 nitrogen and oxygen atoms in total. The molecule has 5 aromatic carbocycles. The van der Waals surface area contributed by atoms with Gasteiger partial charge < -0.3 is 24.8 Å². The van der Waals surface area contributed by atoms with E-state index in [0.717, 1.165) is 5.25 Å². The third-order valence-corrected chi connectivity index (χ3v) is 18.3. The molecule has 0 bridgehead atoms. The predicted molar refractivity (Wildman–Crippen MR) is 175 cm³/mol. The van der Waals surface area contributed by atoms with Crippen molar-refractivity contribution in [1.29, 1.82) is 0 Å². The van der Waals surface area contributed by atoms with E-state index in [4.69, 9.17) is 0 Å². The Hall–Kier alpha value is -2.26. The van der Waals surface area contributed by atoms with Crippen molar-refractivity contribution in [3.63, 3.8) is 0 Å². The Morgan fingerprint density at radius 2 is 1.35 bits per heavy atom. The summed E-state index contributed by atoms with van der Waals surface area (Å²) in [7, 11) is -0.471. The fourth-order valence-electron chi connectivity index (χ4n) is 6.21. The minimum absolute atomic E-state index is 0. The van der Waals surface area contributed by atoms with Gasteiger partial charge in [0.1, 0.15) is 0 Å². The molecular weight excluding hydrogens is 675 g/mol. The molecule has 5 aromatic rings. The number of halogens is 2. The molecule has 2 atom stereocenters. The summed E-state index contributed by atoms with van der Waals surface area (Å²) in [6.07, 6.45) is 12.1. The van der Waals surface area contributed by atoms with Gasteiger partial charge in [-0.15, -0.1) is 11.6 Å². The van der Waals surface area contributed by atoms with Gasteiger partial charge in [0, 0.05) is 0 Å². The Bertz CT molecular complexity index is 1750. The van der Waals surface area contributed by atoms with Crippen LogP contribution in [0.2, 0.25) is 0 Å². The van der Waals surface area contributed by atoms with E-state index in [-0.39, 0.29) is 24.8 Å².